The number of hydrogen-bond acceptors (Lipinski definition) is 4. The molecule has 0 radical (unpaired) electrons. The number of halogens is 1. The molecule has 116 valence electrons. The molecule has 0 spiro atoms. The molecule has 22 heavy (non-hydrogen) atoms. The van der Waals surface area contributed by atoms with Gasteiger partial charge in [-0.1, -0.05) is 12.1 Å². The van der Waals surface area contributed by atoms with Gasteiger partial charge in [0.1, 0.15) is 5.88 Å². The number of nitrogens with one attached hydrogen (secondary N) is 2. The lowest BCUT2D eigenvalue weighted by atomic mass is 9.90. The number of carbonyl (C=O) groups is 4. The molecule has 3 amide bonds. The van der Waals surface area contributed by atoms with Gasteiger partial charge >= 0.3 is 0 Å². The Morgan fingerprint density at radius 2 is 2.00 bits per heavy atom. The third-order valence-corrected chi connectivity index (χ3v) is 3.65. The van der Waals surface area contributed by atoms with E-state index in [1.807, 2.05) is 0 Å². The van der Waals surface area contributed by atoms with E-state index in [9.17, 15) is 19.2 Å². The monoisotopic (exact) mass is 322 g/mol. The Morgan fingerprint density at radius 3 is 2.68 bits per heavy atom. The number of anilines is 1. The highest BCUT2D eigenvalue weighted by molar-refractivity contribution is 6.29. The maximum absolute atomic E-state index is 12.4. The van der Waals surface area contributed by atoms with Gasteiger partial charge in [-0.15, -0.1) is 11.6 Å². The van der Waals surface area contributed by atoms with Crippen molar-refractivity contribution in [3.63, 3.8) is 0 Å². The van der Waals surface area contributed by atoms with Gasteiger partial charge in [0.2, 0.25) is 17.7 Å². The summed E-state index contributed by atoms with van der Waals surface area (Å²) in [6.07, 6.45) is 0.577. The predicted octanol–water partition coefficient (Wildman–Crippen LogP) is 1.49. The number of ketones is 1. The Bertz CT molecular complexity index is 630. The van der Waals surface area contributed by atoms with Crippen molar-refractivity contribution in [2.45, 2.75) is 19.3 Å². The number of para-hydroxylation sites is 1. The Kier molecular flexibility index (Phi) is 5.27. The lowest BCUT2D eigenvalue weighted by molar-refractivity contribution is -0.136. The van der Waals surface area contributed by atoms with Gasteiger partial charge in [0.05, 0.1) is 5.69 Å². The number of carbonyl (C=O) groups excluding carboxylic acids is 4. The second kappa shape index (κ2) is 7.17. The standard InChI is InChI=1S/C15H15ClN2O4/c16-8-14(21)17-11-4-2-1-3-10(11)12(19)7-9-5-6-13(20)18-15(9)22/h1-4,9H,5-8H2,(H,17,21)(H,18,20,22). The zero-order valence-corrected chi connectivity index (χ0v) is 12.5. The molecule has 1 unspecified atom stereocenters. The predicted molar refractivity (Wildman–Crippen MR) is 80.6 cm³/mol. The summed E-state index contributed by atoms with van der Waals surface area (Å²) in [6.45, 7) is 0. The Hall–Kier alpha value is -2.21. The highest BCUT2D eigenvalue weighted by Crippen LogP contribution is 2.23. The lowest BCUT2D eigenvalue weighted by Crippen LogP contribution is -2.41. The molecule has 2 rings (SSSR count). The van der Waals surface area contributed by atoms with Crippen LogP contribution in [0.15, 0.2) is 24.3 Å². The van der Waals surface area contributed by atoms with Crippen molar-refractivity contribution in [3.8, 4) is 0 Å². The van der Waals surface area contributed by atoms with E-state index in [4.69, 9.17) is 11.6 Å². The summed E-state index contributed by atoms with van der Waals surface area (Å²) < 4.78 is 0. The molecule has 0 saturated carbocycles. The molecule has 2 N–H and O–H groups in total. The van der Waals surface area contributed by atoms with Gasteiger partial charge in [-0.05, 0) is 18.6 Å². The first-order valence-electron chi connectivity index (χ1n) is 6.83. The van der Waals surface area contributed by atoms with Gasteiger partial charge in [-0.2, -0.15) is 0 Å². The molecule has 1 heterocycles. The molecule has 6 nitrogen and oxygen atoms in total. The van der Waals surface area contributed by atoms with E-state index < -0.39 is 17.7 Å². The summed E-state index contributed by atoms with van der Waals surface area (Å²) in [6, 6.07) is 6.54. The fraction of sp³-hybridized carbons (Fsp3) is 0.333. The fourth-order valence-electron chi connectivity index (χ4n) is 2.29. The first kappa shape index (κ1) is 16.2. The molecule has 1 aliphatic heterocycles. The van der Waals surface area contributed by atoms with Crippen molar-refractivity contribution in [1.29, 1.82) is 0 Å². The van der Waals surface area contributed by atoms with Crippen LogP contribution in [-0.4, -0.2) is 29.4 Å². The van der Waals surface area contributed by atoms with Crippen LogP contribution >= 0.6 is 11.6 Å². The minimum atomic E-state index is -0.526. The van der Waals surface area contributed by atoms with Crippen LogP contribution in [0.2, 0.25) is 0 Å². The molecular formula is C15H15ClN2O4. The maximum atomic E-state index is 12.4. The Labute approximate surface area is 132 Å². The first-order chi connectivity index (χ1) is 10.5. The van der Waals surface area contributed by atoms with Crippen molar-refractivity contribution in [2.24, 2.45) is 5.92 Å². The third kappa shape index (κ3) is 3.92. The maximum Gasteiger partial charge on any atom is 0.239 e. The van der Waals surface area contributed by atoms with E-state index in [-0.39, 0.29) is 30.4 Å². The summed E-state index contributed by atoms with van der Waals surface area (Å²) in [5.74, 6) is -2.16. The van der Waals surface area contributed by atoms with E-state index in [1.165, 1.54) is 0 Å². The van der Waals surface area contributed by atoms with E-state index >= 15 is 0 Å². The minimum Gasteiger partial charge on any atom is -0.324 e. The highest BCUT2D eigenvalue weighted by Gasteiger charge is 2.29. The number of hydrogen-bond donors (Lipinski definition) is 2. The zero-order valence-electron chi connectivity index (χ0n) is 11.7. The molecule has 0 aliphatic carbocycles. The van der Waals surface area contributed by atoms with E-state index in [0.29, 0.717) is 17.7 Å². The van der Waals surface area contributed by atoms with Crippen LogP contribution < -0.4 is 10.6 Å². The zero-order chi connectivity index (χ0) is 16.1. The summed E-state index contributed by atoms with van der Waals surface area (Å²) in [5.41, 5.74) is 0.691. The molecule has 1 aromatic carbocycles. The topological polar surface area (TPSA) is 92.3 Å². The smallest absolute Gasteiger partial charge is 0.239 e. The van der Waals surface area contributed by atoms with E-state index in [2.05, 4.69) is 10.6 Å². The molecular weight excluding hydrogens is 308 g/mol. The Balaban J connectivity index is 2.11. The molecule has 1 aliphatic rings. The molecule has 1 fully saturated rings. The van der Waals surface area contributed by atoms with E-state index in [0.717, 1.165) is 0 Å². The number of imide groups is 1. The lowest BCUT2D eigenvalue weighted by Gasteiger charge is -2.20. The average molecular weight is 323 g/mol. The van der Waals surface area contributed by atoms with Gasteiger partial charge in [-0.3, -0.25) is 24.5 Å². The van der Waals surface area contributed by atoms with Crippen molar-refractivity contribution < 1.29 is 19.2 Å². The number of amides is 3. The van der Waals surface area contributed by atoms with Gasteiger partial charge in [0.25, 0.3) is 0 Å². The van der Waals surface area contributed by atoms with Crippen molar-refractivity contribution in [1.82, 2.24) is 5.32 Å². The number of rotatable bonds is 5. The summed E-state index contributed by atoms with van der Waals surface area (Å²) >= 11 is 5.44. The van der Waals surface area contributed by atoms with Crippen molar-refractivity contribution in [3.05, 3.63) is 29.8 Å². The van der Waals surface area contributed by atoms with E-state index in [1.54, 1.807) is 24.3 Å². The summed E-state index contributed by atoms with van der Waals surface area (Å²) in [4.78, 5) is 46.6. The summed E-state index contributed by atoms with van der Waals surface area (Å²) in [5, 5.41) is 4.78. The number of benzene rings is 1. The molecule has 7 heteroatoms. The first-order valence-corrected chi connectivity index (χ1v) is 7.36. The molecule has 0 bridgehead atoms. The van der Waals surface area contributed by atoms with Crippen LogP contribution in [0.3, 0.4) is 0 Å². The third-order valence-electron chi connectivity index (χ3n) is 3.41. The minimum absolute atomic E-state index is 0.00707. The van der Waals surface area contributed by atoms with Gasteiger partial charge in [-0.25, -0.2) is 0 Å². The van der Waals surface area contributed by atoms with Crippen LogP contribution in [0.5, 0.6) is 0 Å². The SMILES string of the molecule is O=C1CCC(CC(=O)c2ccccc2NC(=O)CCl)C(=O)N1. The molecule has 1 aromatic rings. The quantitative estimate of drug-likeness (QED) is 0.488. The summed E-state index contributed by atoms with van der Waals surface area (Å²) in [7, 11) is 0. The molecule has 1 atom stereocenters. The van der Waals surface area contributed by atoms with Crippen LogP contribution in [0.1, 0.15) is 29.6 Å². The van der Waals surface area contributed by atoms with Crippen LogP contribution in [0.25, 0.3) is 0 Å². The fourth-order valence-corrected chi connectivity index (χ4v) is 2.35. The molecule has 1 saturated heterocycles. The van der Waals surface area contributed by atoms with Gasteiger partial charge in [0, 0.05) is 24.3 Å². The second-order valence-electron chi connectivity index (χ2n) is 5.00. The van der Waals surface area contributed by atoms with Gasteiger partial charge in [0.15, 0.2) is 5.78 Å². The van der Waals surface area contributed by atoms with Crippen molar-refractivity contribution >= 4 is 40.8 Å². The number of Topliss-reactive ketones (excluding diaryl/α,β-unsaturated/α-hetero) is 1. The highest BCUT2D eigenvalue weighted by atomic mass is 35.5. The number of piperidine rings is 1. The average Bonchev–Trinajstić information content (AvgIpc) is 2.50. The largest absolute Gasteiger partial charge is 0.324 e. The van der Waals surface area contributed by atoms with Crippen LogP contribution in [0.4, 0.5) is 5.69 Å². The molecule has 0 aromatic heterocycles. The van der Waals surface area contributed by atoms with Crippen molar-refractivity contribution in [2.75, 3.05) is 11.2 Å². The second-order valence-corrected chi connectivity index (χ2v) is 5.27. The number of alkyl halides is 1. The normalized spacial score (nSPS) is 17.8. The van der Waals surface area contributed by atoms with Crippen LogP contribution in [0, 0.1) is 5.92 Å². The Morgan fingerprint density at radius 1 is 1.27 bits per heavy atom. The van der Waals surface area contributed by atoms with Gasteiger partial charge < -0.3 is 5.32 Å². The van der Waals surface area contributed by atoms with Crippen LogP contribution in [-0.2, 0) is 14.4 Å².